The molecule has 0 amide bonds. The normalized spacial score (nSPS) is 19.2. The van der Waals surface area contributed by atoms with Gasteiger partial charge in [-0.3, -0.25) is 0 Å². The van der Waals surface area contributed by atoms with Crippen LogP contribution in [0.25, 0.3) is 0 Å². The Balaban J connectivity index is 1.77. The van der Waals surface area contributed by atoms with Crippen molar-refractivity contribution in [2.75, 3.05) is 13.2 Å². The van der Waals surface area contributed by atoms with E-state index >= 15 is 0 Å². The molecule has 20 heavy (non-hydrogen) atoms. The maximum absolute atomic E-state index is 5.94. The van der Waals surface area contributed by atoms with E-state index in [0.29, 0.717) is 18.3 Å². The lowest BCUT2D eigenvalue weighted by Crippen LogP contribution is -2.25. The van der Waals surface area contributed by atoms with Crippen molar-refractivity contribution in [2.24, 2.45) is 0 Å². The summed E-state index contributed by atoms with van der Waals surface area (Å²) in [5.41, 5.74) is -0.661. The van der Waals surface area contributed by atoms with Gasteiger partial charge in [0.1, 0.15) is 5.75 Å². The average molecular weight is 274 g/mol. The molecular weight excluding hydrogens is 256 g/mol. The molecule has 0 unspecified atom stereocenters. The zero-order valence-electron chi connectivity index (χ0n) is 11.7. The minimum atomic E-state index is -0.661. The Labute approximate surface area is 117 Å². The largest absolute Gasteiger partial charge is 0.478 e. The van der Waals surface area contributed by atoms with Crippen LogP contribution in [0, 0.1) is 0 Å². The molecule has 1 aliphatic heterocycles. The Kier molecular flexibility index (Phi) is 3.44. The Bertz CT molecular complexity index is 560. The molecule has 1 atom stereocenters. The predicted molar refractivity (Wildman–Crippen MR) is 72.6 cm³/mol. The number of ether oxygens (including phenoxy) is 2. The fourth-order valence-electron chi connectivity index (χ4n) is 2.21. The van der Waals surface area contributed by atoms with Crippen LogP contribution in [0.1, 0.15) is 37.9 Å². The molecule has 1 aromatic heterocycles. The summed E-state index contributed by atoms with van der Waals surface area (Å²) >= 11 is 0. The van der Waals surface area contributed by atoms with E-state index in [-0.39, 0.29) is 5.92 Å². The summed E-state index contributed by atoms with van der Waals surface area (Å²) in [5, 5.41) is 4.06. The van der Waals surface area contributed by atoms with Crippen LogP contribution in [0.15, 0.2) is 34.9 Å². The van der Waals surface area contributed by atoms with Crippen molar-refractivity contribution in [3.05, 3.63) is 42.0 Å². The van der Waals surface area contributed by atoms with Crippen molar-refractivity contribution in [3.8, 4) is 5.75 Å². The topological polar surface area (TPSA) is 57.4 Å². The van der Waals surface area contributed by atoms with Gasteiger partial charge in [-0.25, -0.2) is 0 Å². The van der Waals surface area contributed by atoms with Gasteiger partial charge < -0.3 is 14.0 Å². The standard InChI is InChI=1S/C15H18N2O3/c1-15(2,19-12-6-4-3-5-7-12)14-16-13(17-20-14)11-8-9-18-10-11/h3-7,11H,8-10H2,1-2H3/t11-/m0/s1. The monoisotopic (exact) mass is 274 g/mol. The van der Waals surface area contributed by atoms with E-state index < -0.39 is 5.60 Å². The van der Waals surface area contributed by atoms with E-state index in [1.54, 1.807) is 0 Å². The second-order valence-electron chi connectivity index (χ2n) is 5.44. The van der Waals surface area contributed by atoms with Crippen LogP contribution >= 0.6 is 0 Å². The van der Waals surface area contributed by atoms with Gasteiger partial charge in [0.2, 0.25) is 0 Å². The third kappa shape index (κ3) is 2.67. The number of rotatable bonds is 4. The summed E-state index contributed by atoms with van der Waals surface area (Å²) in [4.78, 5) is 4.48. The lowest BCUT2D eigenvalue weighted by Gasteiger charge is -2.22. The first-order valence-corrected chi connectivity index (χ1v) is 6.81. The van der Waals surface area contributed by atoms with Gasteiger partial charge >= 0.3 is 0 Å². The van der Waals surface area contributed by atoms with Gasteiger partial charge in [-0.1, -0.05) is 23.4 Å². The van der Waals surface area contributed by atoms with E-state index in [1.165, 1.54) is 0 Å². The first-order chi connectivity index (χ1) is 9.65. The van der Waals surface area contributed by atoms with E-state index in [1.807, 2.05) is 44.2 Å². The van der Waals surface area contributed by atoms with Crippen molar-refractivity contribution < 1.29 is 14.0 Å². The molecule has 2 heterocycles. The molecule has 0 saturated carbocycles. The van der Waals surface area contributed by atoms with Gasteiger partial charge in [0.05, 0.1) is 6.61 Å². The molecule has 0 spiro atoms. The quantitative estimate of drug-likeness (QED) is 0.858. The van der Waals surface area contributed by atoms with Crippen LogP contribution in [-0.2, 0) is 10.3 Å². The average Bonchev–Trinajstić information content (AvgIpc) is 3.11. The molecule has 1 aliphatic rings. The Hall–Kier alpha value is -1.88. The number of aromatic nitrogens is 2. The van der Waals surface area contributed by atoms with Crippen molar-refractivity contribution in [2.45, 2.75) is 31.8 Å². The maximum Gasteiger partial charge on any atom is 0.270 e. The number of hydrogen-bond donors (Lipinski definition) is 0. The highest BCUT2D eigenvalue weighted by Gasteiger charge is 2.32. The second kappa shape index (κ2) is 5.25. The van der Waals surface area contributed by atoms with Crippen LogP contribution in [0.4, 0.5) is 0 Å². The third-order valence-electron chi connectivity index (χ3n) is 3.37. The summed E-state index contributed by atoms with van der Waals surface area (Å²) in [5.74, 6) is 2.21. The second-order valence-corrected chi connectivity index (χ2v) is 5.44. The minimum Gasteiger partial charge on any atom is -0.478 e. The molecule has 0 bridgehead atoms. The van der Waals surface area contributed by atoms with Gasteiger partial charge in [-0.2, -0.15) is 4.98 Å². The van der Waals surface area contributed by atoms with Crippen molar-refractivity contribution >= 4 is 0 Å². The molecule has 1 aromatic carbocycles. The van der Waals surface area contributed by atoms with Crippen LogP contribution in [0.5, 0.6) is 5.75 Å². The molecule has 3 rings (SSSR count). The third-order valence-corrected chi connectivity index (χ3v) is 3.37. The molecule has 5 heteroatoms. The van der Waals surface area contributed by atoms with E-state index in [0.717, 1.165) is 18.8 Å². The fourth-order valence-corrected chi connectivity index (χ4v) is 2.21. The van der Waals surface area contributed by atoms with E-state index in [4.69, 9.17) is 14.0 Å². The zero-order chi connectivity index (χ0) is 14.0. The van der Waals surface area contributed by atoms with E-state index in [9.17, 15) is 0 Å². The van der Waals surface area contributed by atoms with Crippen molar-refractivity contribution in [1.29, 1.82) is 0 Å². The number of nitrogens with zero attached hydrogens (tertiary/aromatic N) is 2. The molecule has 0 N–H and O–H groups in total. The number of hydrogen-bond acceptors (Lipinski definition) is 5. The predicted octanol–water partition coefficient (Wildman–Crippen LogP) is 2.89. The summed E-state index contributed by atoms with van der Waals surface area (Å²) in [7, 11) is 0. The van der Waals surface area contributed by atoms with Gasteiger partial charge in [0.15, 0.2) is 11.4 Å². The summed E-state index contributed by atoms with van der Waals surface area (Å²) in [6.45, 7) is 5.27. The van der Waals surface area contributed by atoms with Gasteiger partial charge in [0, 0.05) is 12.5 Å². The summed E-state index contributed by atoms with van der Waals surface area (Å²) in [6.07, 6.45) is 0.943. The van der Waals surface area contributed by atoms with Gasteiger partial charge in [0.25, 0.3) is 5.89 Å². The van der Waals surface area contributed by atoms with Crippen LogP contribution in [0.2, 0.25) is 0 Å². The first-order valence-electron chi connectivity index (χ1n) is 6.81. The smallest absolute Gasteiger partial charge is 0.270 e. The molecular formula is C15H18N2O3. The lowest BCUT2D eigenvalue weighted by molar-refractivity contribution is 0.0692. The number of para-hydroxylation sites is 1. The molecule has 1 saturated heterocycles. The summed E-state index contributed by atoms with van der Waals surface area (Å²) < 4.78 is 16.7. The molecule has 5 nitrogen and oxygen atoms in total. The van der Waals surface area contributed by atoms with Crippen LogP contribution < -0.4 is 4.74 Å². The highest BCUT2D eigenvalue weighted by atomic mass is 16.5. The highest BCUT2D eigenvalue weighted by Crippen LogP contribution is 2.29. The molecule has 2 aromatic rings. The first kappa shape index (κ1) is 13.1. The minimum absolute atomic E-state index is 0.236. The molecule has 0 radical (unpaired) electrons. The SMILES string of the molecule is CC(C)(Oc1ccccc1)c1nc([C@H]2CCOC2)no1. The maximum atomic E-state index is 5.94. The van der Waals surface area contributed by atoms with Crippen molar-refractivity contribution in [3.63, 3.8) is 0 Å². The molecule has 106 valence electrons. The summed E-state index contributed by atoms with van der Waals surface area (Å²) in [6, 6.07) is 9.62. The molecule has 1 fully saturated rings. The van der Waals surface area contributed by atoms with Gasteiger partial charge in [-0.05, 0) is 32.4 Å². The Morgan fingerprint density at radius 1 is 1.25 bits per heavy atom. The number of benzene rings is 1. The van der Waals surface area contributed by atoms with Crippen LogP contribution in [-0.4, -0.2) is 23.4 Å². The molecule has 0 aliphatic carbocycles. The van der Waals surface area contributed by atoms with Gasteiger partial charge in [-0.15, -0.1) is 0 Å². The Morgan fingerprint density at radius 3 is 2.75 bits per heavy atom. The lowest BCUT2D eigenvalue weighted by atomic mass is 10.1. The fraction of sp³-hybridized carbons (Fsp3) is 0.467. The van der Waals surface area contributed by atoms with Crippen LogP contribution in [0.3, 0.4) is 0 Å². The highest BCUT2D eigenvalue weighted by molar-refractivity contribution is 5.22. The zero-order valence-corrected chi connectivity index (χ0v) is 11.7. The van der Waals surface area contributed by atoms with Crippen molar-refractivity contribution in [1.82, 2.24) is 10.1 Å². The Morgan fingerprint density at radius 2 is 2.05 bits per heavy atom. The van der Waals surface area contributed by atoms with E-state index in [2.05, 4.69) is 10.1 Å².